The molecule has 0 aliphatic carbocycles. The summed E-state index contributed by atoms with van der Waals surface area (Å²) in [5, 5.41) is 8.22. The minimum Gasteiger partial charge on any atom is -0.374 e. The van der Waals surface area contributed by atoms with Crippen molar-refractivity contribution in [3.8, 4) is 0 Å². The average Bonchev–Trinajstić information content (AvgIpc) is 2.58. The molecule has 0 unspecified atom stereocenters. The average molecular weight is 384 g/mol. The van der Waals surface area contributed by atoms with E-state index in [1.54, 1.807) is 31.2 Å². The summed E-state index contributed by atoms with van der Waals surface area (Å²) in [7, 11) is 0. The Morgan fingerprint density at radius 2 is 1.60 bits per heavy atom. The SMILES string of the molecule is Cc1c(Cl)cccc1NC(=O)CNC(=O)CNc1cccc(Cl)c1F. The van der Waals surface area contributed by atoms with Gasteiger partial charge in [0.2, 0.25) is 11.8 Å². The topological polar surface area (TPSA) is 70.2 Å². The Labute approximate surface area is 154 Å². The van der Waals surface area contributed by atoms with Crippen LogP contribution in [-0.4, -0.2) is 24.9 Å². The molecule has 0 spiro atoms. The second-order valence-electron chi connectivity index (χ2n) is 5.19. The van der Waals surface area contributed by atoms with Gasteiger partial charge in [-0.05, 0) is 36.8 Å². The first-order valence-electron chi connectivity index (χ1n) is 7.38. The van der Waals surface area contributed by atoms with Crippen molar-refractivity contribution in [1.29, 1.82) is 0 Å². The molecule has 3 N–H and O–H groups in total. The van der Waals surface area contributed by atoms with Gasteiger partial charge < -0.3 is 16.0 Å². The van der Waals surface area contributed by atoms with Gasteiger partial charge in [-0.2, -0.15) is 0 Å². The Hall–Kier alpha value is -2.31. The van der Waals surface area contributed by atoms with Gasteiger partial charge in [-0.3, -0.25) is 9.59 Å². The van der Waals surface area contributed by atoms with E-state index < -0.39 is 17.6 Å². The molecule has 0 heterocycles. The third-order valence-corrected chi connectivity index (χ3v) is 4.08. The van der Waals surface area contributed by atoms with Crippen LogP contribution in [-0.2, 0) is 9.59 Å². The van der Waals surface area contributed by atoms with E-state index in [-0.39, 0.29) is 23.8 Å². The number of benzene rings is 2. The van der Waals surface area contributed by atoms with Crippen molar-refractivity contribution < 1.29 is 14.0 Å². The molecule has 2 aromatic carbocycles. The van der Waals surface area contributed by atoms with Gasteiger partial charge >= 0.3 is 0 Å². The van der Waals surface area contributed by atoms with E-state index in [1.165, 1.54) is 12.1 Å². The van der Waals surface area contributed by atoms with Crippen LogP contribution in [0.25, 0.3) is 0 Å². The summed E-state index contributed by atoms with van der Waals surface area (Å²) in [5.74, 6) is -1.49. The summed E-state index contributed by atoms with van der Waals surface area (Å²) in [6.07, 6.45) is 0. The van der Waals surface area contributed by atoms with Crippen LogP contribution in [0.2, 0.25) is 10.0 Å². The molecule has 8 heteroatoms. The van der Waals surface area contributed by atoms with Crippen LogP contribution in [0.1, 0.15) is 5.56 Å². The second kappa shape index (κ2) is 8.69. The Kier molecular flexibility index (Phi) is 6.61. The second-order valence-corrected chi connectivity index (χ2v) is 6.01. The molecule has 0 aliphatic rings. The fourth-order valence-electron chi connectivity index (χ4n) is 1.99. The normalized spacial score (nSPS) is 10.2. The molecule has 2 rings (SSSR count). The lowest BCUT2D eigenvalue weighted by Crippen LogP contribution is -2.36. The number of hydrogen-bond acceptors (Lipinski definition) is 3. The lowest BCUT2D eigenvalue weighted by atomic mass is 10.2. The quantitative estimate of drug-likeness (QED) is 0.713. The Bertz CT molecular complexity index is 799. The molecule has 0 saturated carbocycles. The zero-order chi connectivity index (χ0) is 18.4. The van der Waals surface area contributed by atoms with Crippen molar-refractivity contribution in [1.82, 2.24) is 5.32 Å². The fraction of sp³-hybridized carbons (Fsp3) is 0.176. The molecule has 5 nitrogen and oxygen atoms in total. The molecule has 0 radical (unpaired) electrons. The molecule has 0 fully saturated rings. The zero-order valence-corrected chi connectivity index (χ0v) is 14.8. The highest BCUT2D eigenvalue weighted by Crippen LogP contribution is 2.23. The summed E-state index contributed by atoms with van der Waals surface area (Å²) in [6.45, 7) is 1.37. The van der Waals surface area contributed by atoms with Crippen molar-refractivity contribution in [3.63, 3.8) is 0 Å². The zero-order valence-electron chi connectivity index (χ0n) is 13.3. The molecule has 0 aliphatic heterocycles. The molecular formula is C17H16Cl2FN3O2. The lowest BCUT2D eigenvalue weighted by molar-refractivity contribution is -0.122. The Morgan fingerprint density at radius 3 is 2.32 bits per heavy atom. The highest BCUT2D eigenvalue weighted by atomic mass is 35.5. The Balaban J connectivity index is 1.80. The van der Waals surface area contributed by atoms with Crippen LogP contribution in [0, 0.1) is 12.7 Å². The van der Waals surface area contributed by atoms with Gasteiger partial charge in [-0.1, -0.05) is 35.3 Å². The fourth-order valence-corrected chi connectivity index (χ4v) is 2.34. The molecule has 0 atom stereocenters. The van der Waals surface area contributed by atoms with Crippen molar-refractivity contribution in [2.24, 2.45) is 0 Å². The van der Waals surface area contributed by atoms with Gasteiger partial charge in [0, 0.05) is 10.7 Å². The van der Waals surface area contributed by atoms with Crippen molar-refractivity contribution in [3.05, 3.63) is 57.8 Å². The monoisotopic (exact) mass is 383 g/mol. The smallest absolute Gasteiger partial charge is 0.243 e. The molecule has 2 aromatic rings. The largest absolute Gasteiger partial charge is 0.374 e. The van der Waals surface area contributed by atoms with E-state index in [0.717, 1.165) is 5.56 Å². The first-order chi connectivity index (χ1) is 11.9. The number of anilines is 2. The first kappa shape index (κ1) is 19.0. The van der Waals surface area contributed by atoms with Gasteiger partial charge in [0.15, 0.2) is 5.82 Å². The maximum Gasteiger partial charge on any atom is 0.243 e. The third-order valence-electron chi connectivity index (χ3n) is 3.38. The van der Waals surface area contributed by atoms with E-state index in [1.807, 2.05) is 0 Å². The van der Waals surface area contributed by atoms with Crippen LogP contribution < -0.4 is 16.0 Å². The number of halogens is 3. The summed E-state index contributed by atoms with van der Waals surface area (Å²) in [5.41, 5.74) is 1.43. The van der Waals surface area contributed by atoms with E-state index in [0.29, 0.717) is 10.7 Å². The molecule has 0 aromatic heterocycles. The van der Waals surface area contributed by atoms with Gasteiger partial charge in [-0.25, -0.2) is 4.39 Å². The number of carbonyl (C=O) groups is 2. The van der Waals surface area contributed by atoms with Crippen molar-refractivity contribution in [2.75, 3.05) is 23.7 Å². The standard InChI is InChI=1S/C17H16Cl2FN3O2/c1-10-11(18)4-2-6-13(10)23-16(25)9-22-15(24)8-21-14-7-3-5-12(19)17(14)20/h2-7,21H,8-9H2,1H3,(H,22,24)(H,23,25). The van der Waals surface area contributed by atoms with E-state index in [2.05, 4.69) is 16.0 Å². The molecule has 25 heavy (non-hydrogen) atoms. The van der Waals surface area contributed by atoms with Crippen LogP contribution in [0.15, 0.2) is 36.4 Å². The van der Waals surface area contributed by atoms with Gasteiger partial charge in [-0.15, -0.1) is 0 Å². The minimum absolute atomic E-state index is 0.0401. The number of carbonyl (C=O) groups excluding carboxylic acids is 2. The minimum atomic E-state index is -0.633. The third kappa shape index (κ3) is 5.34. The maximum absolute atomic E-state index is 13.7. The van der Waals surface area contributed by atoms with Gasteiger partial charge in [0.05, 0.1) is 23.8 Å². The Morgan fingerprint density at radius 1 is 0.960 bits per heavy atom. The number of nitrogens with one attached hydrogen (secondary N) is 3. The van der Waals surface area contributed by atoms with Gasteiger partial charge in [0.25, 0.3) is 0 Å². The highest BCUT2D eigenvalue weighted by molar-refractivity contribution is 6.31. The van der Waals surface area contributed by atoms with Crippen LogP contribution in [0.3, 0.4) is 0 Å². The molecule has 132 valence electrons. The molecule has 0 saturated heterocycles. The summed E-state index contributed by atoms with van der Waals surface area (Å²) < 4.78 is 13.7. The summed E-state index contributed by atoms with van der Waals surface area (Å²) in [6, 6.07) is 9.58. The lowest BCUT2D eigenvalue weighted by Gasteiger charge is -2.11. The summed E-state index contributed by atoms with van der Waals surface area (Å²) >= 11 is 11.6. The number of hydrogen-bond donors (Lipinski definition) is 3. The first-order valence-corrected chi connectivity index (χ1v) is 8.13. The predicted molar refractivity (Wildman–Crippen MR) is 97.7 cm³/mol. The van der Waals surface area contributed by atoms with E-state index in [9.17, 15) is 14.0 Å². The van der Waals surface area contributed by atoms with Gasteiger partial charge in [0.1, 0.15) is 0 Å². The van der Waals surface area contributed by atoms with E-state index >= 15 is 0 Å². The maximum atomic E-state index is 13.7. The number of amides is 2. The van der Waals surface area contributed by atoms with Crippen LogP contribution in [0.4, 0.5) is 15.8 Å². The molecule has 0 bridgehead atoms. The van der Waals surface area contributed by atoms with E-state index in [4.69, 9.17) is 23.2 Å². The van der Waals surface area contributed by atoms with Crippen LogP contribution >= 0.6 is 23.2 Å². The van der Waals surface area contributed by atoms with Crippen molar-refractivity contribution >= 4 is 46.4 Å². The predicted octanol–water partition coefficient (Wildman–Crippen LogP) is 3.61. The molecule has 2 amide bonds. The summed E-state index contributed by atoms with van der Waals surface area (Å²) in [4.78, 5) is 23.6. The van der Waals surface area contributed by atoms with Crippen molar-refractivity contribution in [2.45, 2.75) is 6.92 Å². The molecular weight excluding hydrogens is 368 g/mol. The van der Waals surface area contributed by atoms with Crippen LogP contribution in [0.5, 0.6) is 0 Å². The number of rotatable bonds is 6. The highest BCUT2D eigenvalue weighted by Gasteiger charge is 2.10.